The zero-order valence-corrected chi connectivity index (χ0v) is 14.1. The molecule has 126 valence electrons. The molecule has 0 heterocycles. The fraction of sp³-hybridized carbons (Fsp3) is 0.923. The Labute approximate surface area is 127 Å². The highest BCUT2D eigenvalue weighted by Gasteiger charge is 2.27. The van der Waals surface area contributed by atoms with Gasteiger partial charge in [0.25, 0.3) is 0 Å². The van der Waals surface area contributed by atoms with E-state index in [4.69, 9.17) is 4.84 Å². The number of hydrogen-bond acceptors (Lipinski definition) is 6. The summed E-state index contributed by atoms with van der Waals surface area (Å²) < 4.78 is 24.2. The molecule has 0 aliphatic carbocycles. The van der Waals surface area contributed by atoms with Crippen LogP contribution in [0.25, 0.3) is 0 Å². The van der Waals surface area contributed by atoms with E-state index < -0.39 is 16.1 Å². The van der Waals surface area contributed by atoms with Crippen LogP contribution in [0.1, 0.15) is 33.6 Å². The van der Waals surface area contributed by atoms with Gasteiger partial charge in [-0.1, -0.05) is 20.8 Å². The molecule has 21 heavy (non-hydrogen) atoms. The van der Waals surface area contributed by atoms with Gasteiger partial charge in [-0.2, -0.15) is 5.06 Å². The van der Waals surface area contributed by atoms with E-state index in [9.17, 15) is 18.3 Å². The summed E-state index contributed by atoms with van der Waals surface area (Å²) >= 11 is 0. The van der Waals surface area contributed by atoms with Crippen LogP contribution in [-0.2, 0) is 19.7 Å². The van der Waals surface area contributed by atoms with Crippen LogP contribution in [-0.4, -0.2) is 63.0 Å². The van der Waals surface area contributed by atoms with Crippen molar-refractivity contribution >= 4 is 15.8 Å². The molecule has 0 aromatic rings. The molecular weight excluding hydrogens is 296 g/mol. The summed E-state index contributed by atoms with van der Waals surface area (Å²) in [5, 5.41) is 10.9. The van der Waals surface area contributed by atoms with E-state index in [1.54, 1.807) is 13.8 Å². The van der Waals surface area contributed by atoms with Crippen molar-refractivity contribution in [2.24, 2.45) is 5.92 Å². The smallest absolute Gasteiger partial charge is 0.208 e. The lowest BCUT2D eigenvalue weighted by atomic mass is 10.0. The largest absolute Gasteiger partial charge is 0.394 e. The number of aliphatic hydroxyl groups excluding tert-OH is 1. The van der Waals surface area contributed by atoms with E-state index in [0.29, 0.717) is 13.0 Å². The molecule has 0 aromatic heterocycles. The lowest BCUT2D eigenvalue weighted by Crippen LogP contribution is -2.46. The van der Waals surface area contributed by atoms with Crippen LogP contribution in [0.2, 0.25) is 0 Å². The average molecular weight is 324 g/mol. The van der Waals surface area contributed by atoms with Gasteiger partial charge in [0.15, 0.2) is 5.78 Å². The molecule has 0 aliphatic heterocycles. The molecule has 0 saturated heterocycles. The molecule has 0 saturated carbocycles. The van der Waals surface area contributed by atoms with Crippen molar-refractivity contribution in [2.45, 2.75) is 39.7 Å². The lowest BCUT2D eigenvalue weighted by molar-refractivity contribution is -0.197. The van der Waals surface area contributed by atoms with Crippen molar-refractivity contribution in [2.75, 3.05) is 32.6 Å². The third kappa shape index (κ3) is 9.15. The summed E-state index contributed by atoms with van der Waals surface area (Å²) in [6.07, 6.45) is 2.37. The van der Waals surface area contributed by atoms with Crippen LogP contribution >= 0.6 is 0 Å². The minimum absolute atomic E-state index is 0.0692. The Morgan fingerprint density at radius 1 is 1.38 bits per heavy atom. The van der Waals surface area contributed by atoms with E-state index >= 15 is 0 Å². The maximum Gasteiger partial charge on any atom is 0.208 e. The molecule has 1 unspecified atom stereocenters. The standard InChI is InChI=1S/C13H28N2O5S/c1-5-8-15(12(10-16)13(17)11(2)3)20-9-6-7-14-21(4,18)19/h11-12,14,16H,5-10H2,1-4H3. The Morgan fingerprint density at radius 2 is 2.00 bits per heavy atom. The lowest BCUT2D eigenvalue weighted by Gasteiger charge is -2.29. The molecule has 2 N–H and O–H groups in total. The average Bonchev–Trinajstić information content (AvgIpc) is 2.37. The second-order valence-electron chi connectivity index (χ2n) is 5.25. The summed E-state index contributed by atoms with van der Waals surface area (Å²) in [5.41, 5.74) is 0. The van der Waals surface area contributed by atoms with Gasteiger partial charge in [0.05, 0.1) is 19.5 Å². The van der Waals surface area contributed by atoms with Gasteiger partial charge in [-0.3, -0.25) is 9.63 Å². The van der Waals surface area contributed by atoms with Crippen molar-refractivity contribution in [3.8, 4) is 0 Å². The summed E-state index contributed by atoms with van der Waals surface area (Å²) in [6, 6.07) is -0.673. The van der Waals surface area contributed by atoms with E-state index in [0.717, 1.165) is 12.7 Å². The third-order valence-corrected chi connectivity index (χ3v) is 3.53. The Bertz CT molecular complexity index is 397. The summed E-state index contributed by atoms with van der Waals surface area (Å²) in [6.45, 7) is 6.32. The van der Waals surface area contributed by atoms with Gasteiger partial charge in [-0.25, -0.2) is 13.1 Å². The van der Waals surface area contributed by atoms with Crippen molar-refractivity contribution in [1.29, 1.82) is 0 Å². The monoisotopic (exact) mass is 324 g/mol. The number of sulfonamides is 1. The van der Waals surface area contributed by atoms with E-state index in [1.165, 1.54) is 5.06 Å². The molecule has 0 amide bonds. The first kappa shape index (κ1) is 20.5. The Kier molecular flexibility index (Phi) is 9.97. The first-order valence-electron chi connectivity index (χ1n) is 7.21. The summed E-state index contributed by atoms with van der Waals surface area (Å²) in [4.78, 5) is 17.6. The Hall–Kier alpha value is -0.540. The molecule has 0 aliphatic rings. The fourth-order valence-corrected chi connectivity index (χ4v) is 2.27. The summed E-state index contributed by atoms with van der Waals surface area (Å²) in [7, 11) is -3.19. The van der Waals surface area contributed by atoms with Gasteiger partial charge in [0, 0.05) is 19.0 Å². The van der Waals surface area contributed by atoms with Gasteiger partial charge in [0.1, 0.15) is 6.04 Å². The van der Waals surface area contributed by atoms with Crippen molar-refractivity contribution in [3.05, 3.63) is 0 Å². The SMILES string of the molecule is CCCN(OCCCNS(C)(=O)=O)C(CO)C(=O)C(C)C. The van der Waals surface area contributed by atoms with Crippen LogP contribution in [0.15, 0.2) is 0 Å². The number of rotatable bonds is 12. The van der Waals surface area contributed by atoms with Crippen LogP contribution in [0.4, 0.5) is 0 Å². The Balaban J connectivity index is 4.37. The topological polar surface area (TPSA) is 95.9 Å². The van der Waals surface area contributed by atoms with Crippen LogP contribution in [0.3, 0.4) is 0 Å². The van der Waals surface area contributed by atoms with Gasteiger partial charge in [0.2, 0.25) is 10.0 Å². The number of nitrogens with zero attached hydrogens (tertiary/aromatic N) is 1. The van der Waals surface area contributed by atoms with Crippen molar-refractivity contribution in [3.63, 3.8) is 0 Å². The molecule has 7 nitrogen and oxygen atoms in total. The quantitative estimate of drug-likeness (QED) is 0.392. The van der Waals surface area contributed by atoms with E-state index in [1.807, 2.05) is 6.92 Å². The van der Waals surface area contributed by atoms with Gasteiger partial charge < -0.3 is 5.11 Å². The van der Waals surface area contributed by atoms with Crippen LogP contribution in [0, 0.1) is 5.92 Å². The number of Topliss-reactive ketones (excluding diaryl/α,β-unsaturated/α-hetero) is 1. The number of carbonyl (C=O) groups is 1. The van der Waals surface area contributed by atoms with E-state index in [2.05, 4.69) is 4.72 Å². The molecular formula is C13H28N2O5S. The van der Waals surface area contributed by atoms with Gasteiger partial charge in [-0.15, -0.1) is 0 Å². The molecule has 0 rings (SSSR count). The predicted molar refractivity (Wildman–Crippen MR) is 81.1 cm³/mol. The molecule has 8 heteroatoms. The minimum atomic E-state index is -3.19. The maximum atomic E-state index is 12.0. The van der Waals surface area contributed by atoms with Crippen LogP contribution < -0.4 is 4.72 Å². The highest BCUT2D eigenvalue weighted by Crippen LogP contribution is 2.09. The fourth-order valence-electron chi connectivity index (χ4n) is 1.75. The molecule has 0 bridgehead atoms. The zero-order valence-electron chi connectivity index (χ0n) is 13.3. The summed E-state index contributed by atoms with van der Waals surface area (Å²) in [5.74, 6) is -0.253. The highest BCUT2D eigenvalue weighted by molar-refractivity contribution is 7.88. The third-order valence-electron chi connectivity index (χ3n) is 2.80. The number of carbonyl (C=O) groups excluding carboxylic acids is 1. The molecule has 0 fully saturated rings. The zero-order chi connectivity index (χ0) is 16.5. The molecule has 0 radical (unpaired) electrons. The molecule has 0 aromatic carbocycles. The predicted octanol–water partition coefficient (Wildman–Crippen LogP) is 0.155. The Morgan fingerprint density at radius 3 is 2.43 bits per heavy atom. The molecule has 0 spiro atoms. The van der Waals surface area contributed by atoms with Gasteiger partial charge in [-0.05, 0) is 12.8 Å². The van der Waals surface area contributed by atoms with Crippen molar-refractivity contribution < 1.29 is 23.2 Å². The number of hydroxylamine groups is 2. The minimum Gasteiger partial charge on any atom is -0.394 e. The second-order valence-corrected chi connectivity index (χ2v) is 7.08. The maximum absolute atomic E-state index is 12.0. The second kappa shape index (κ2) is 10.2. The normalized spacial score (nSPS) is 13.9. The van der Waals surface area contributed by atoms with Gasteiger partial charge >= 0.3 is 0 Å². The first-order valence-corrected chi connectivity index (χ1v) is 9.10. The van der Waals surface area contributed by atoms with Crippen LogP contribution in [0.5, 0.6) is 0 Å². The number of nitrogens with one attached hydrogen (secondary N) is 1. The highest BCUT2D eigenvalue weighted by atomic mass is 32.2. The number of hydrogen-bond donors (Lipinski definition) is 2. The van der Waals surface area contributed by atoms with Crippen molar-refractivity contribution in [1.82, 2.24) is 9.79 Å². The first-order chi connectivity index (χ1) is 9.72. The number of ketones is 1. The number of aliphatic hydroxyl groups is 1. The molecule has 1 atom stereocenters. The van der Waals surface area contributed by atoms with E-state index in [-0.39, 0.29) is 31.5 Å².